The molecule has 13 heavy (non-hydrogen) atoms. The van der Waals surface area contributed by atoms with E-state index in [2.05, 4.69) is 20.2 Å². The smallest absolute Gasteiger partial charge is 0.140 e. The van der Waals surface area contributed by atoms with Crippen LogP contribution in [0.15, 0.2) is 22.0 Å². The summed E-state index contributed by atoms with van der Waals surface area (Å²) >= 11 is 0. The van der Waals surface area contributed by atoms with Crippen LogP contribution in [-0.4, -0.2) is 22.7 Å². The van der Waals surface area contributed by atoms with E-state index in [1.54, 1.807) is 6.07 Å². The summed E-state index contributed by atoms with van der Waals surface area (Å²) in [4.78, 5) is 0. The van der Waals surface area contributed by atoms with Crippen LogP contribution in [0.1, 0.15) is 12.1 Å². The van der Waals surface area contributed by atoms with Crippen LogP contribution in [0.4, 0.5) is 0 Å². The van der Waals surface area contributed by atoms with Gasteiger partial charge in [-0.05, 0) is 0 Å². The molecule has 1 rings (SSSR count). The molecule has 0 aromatic carbocycles. The molecule has 0 atom stereocenters. The normalized spacial score (nSPS) is 11.8. The monoisotopic (exact) mass is 184 g/mol. The highest BCUT2D eigenvalue weighted by Crippen LogP contribution is 1.92. The van der Waals surface area contributed by atoms with Crippen molar-refractivity contribution in [3.05, 3.63) is 18.0 Å². The summed E-state index contributed by atoms with van der Waals surface area (Å²) in [6.07, 6.45) is 2.02. The van der Waals surface area contributed by atoms with Crippen LogP contribution in [0.3, 0.4) is 0 Å². The van der Waals surface area contributed by atoms with E-state index in [-0.39, 0.29) is 5.84 Å². The zero-order valence-electron chi connectivity index (χ0n) is 7.10. The number of hydrogen-bond acceptors (Lipinski definition) is 5. The van der Waals surface area contributed by atoms with Crippen molar-refractivity contribution >= 4 is 5.84 Å². The Labute approximate surface area is 75.4 Å². The minimum absolute atomic E-state index is 0.215. The molecular weight excluding hydrogens is 172 g/mol. The molecule has 6 nitrogen and oxygen atoms in total. The number of nitrogens with zero attached hydrogens (tertiary/aromatic N) is 2. The van der Waals surface area contributed by atoms with Gasteiger partial charge in [-0.1, -0.05) is 10.3 Å². The summed E-state index contributed by atoms with van der Waals surface area (Å²) in [5.74, 6) is 0.215. The Kier molecular flexibility index (Phi) is 3.77. The van der Waals surface area contributed by atoms with Crippen LogP contribution in [0.25, 0.3) is 0 Å². The maximum Gasteiger partial charge on any atom is 0.140 e. The van der Waals surface area contributed by atoms with E-state index in [4.69, 9.17) is 10.9 Å². The second-order valence-electron chi connectivity index (χ2n) is 2.51. The average Bonchev–Trinajstić information content (AvgIpc) is 2.64. The van der Waals surface area contributed by atoms with Crippen LogP contribution >= 0.6 is 0 Å². The molecule has 0 aliphatic rings. The van der Waals surface area contributed by atoms with Crippen LogP contribution < -0.4 is 11.1 Å². The summed E-state index contributed by atoms with van der Waals surface area (Å²) in [6.45, 7) is 1.26. The number of nitrogens with one attached hydrogen (secondary N) is 1. The van der Waals surface area contributed by atoms with Crippen LogP contribution in [0.2, 0.25) is 0 Å². The number of amidine groups is 1. The molecule has 0 aliphatic carbocycles. The molecule has 0 spiro atoms. The highest BCUT2D eigenvalue weighted by atomic mass is 16.5. The lowest BCUT2D eigenvalue weighted by molar-refractivity contribution is 0.316. The topological polar surface area (TPSA) is 96.7 Å². The fourth-order valence-corrected chi connectivity index (χ4v) is 0.812. The van der Waals surface area contributed by atoms with Crippen molar-refractivity contribution in [2.24, 2.45) is 10.9 Å². The van der Waals surface area contributed by atoms with Gasteiger partial charge < -0.3 is 20.8 Å². The molecule has 6 heteroatoms. The molecule has 0 aliphatic heterocycles. The Morgan fingerprint density at radius 3 is 3.23 bits per heavy atom. The van der Waals surface area contributed by atoms with E-state index >= 15 is 0 Å². The summed E-state index contributed by atoms with van der Waals surface area (Å²) < 4.78 is 4.64. The van der Waals surface area contributed by atoms with Gasteiger partial charge in [0.2, 0.25) is 0 Å². The van der Waals surface area contributed by atoms with E-state index in [9.17, 15) is 0 Å². The van der Waals surface area contributed by atoms with E-state index in [1.807, 2.05) is 0 Å². The Balaban J connectivity index is 2.08. The zero-order valence-corrected chi connectivity index (χ0v) is 7.10. The zero-order chi connectivity index (χ0) is 9.52. The predicted octanol–water partition coefficient (Wildman–Crippen LogP) is -0.0993. The molecule has 1 heterocycles. The SMILES string of the molecule is N/C(CCNCc1ccon1)=N/O. The standard InChI is InChI=1S/C7H12N4O2/c8-7(10-12)1-3-9-5-6-2-4-13-11-6/h2,4,9,12H,1,3,5H2,(H2,8,10). The predicted molar refractivity (Wildman–Crippen MR) is 46.2 cm³/mol. The fraction of sp³-hybridized carbons (Fsp3) is 0.429. The van der Waals surface area contributed by atoms with Gasteiger partial charge in [0.15, 0.2) is 0 Å². The van der Waals surface area contributed by atoms with Crippen LogP contribution in [-0.2, 0) is 6.54 Å². The Bertz CT molecular complexity index is 257. The summed E-state index contributed by atoms with van der Waals surface area (Å²) in [7, 11) is 0. The number of oxime groups is 1. The third kappa shape index (κ3) is 3.57. The molecule has 0 bridgehead atoms. The maximum absolute atomic E-state index is 8.23. The lowest BCUT2D eigenvalue weighted by Crippen LogP contribution is -2.22. The van der Waals surface area contributed by atoms with Crippen molar-refractivity contribution in [2.45, 2.75) is 13.0 Å². The lowest BCUT2D eigenvalue weighted by Gasteiger charge is -1.99. The molecule has 0 amide bonds. The molecule has 4 N–H and O–H groups in total. The van der Waals surface area contributed by atoms with Gasteiger partial charge in [-0.3, -0.25) is 0 Å². The Morgan fingerprint density at radius 2 is 2.62 bits per heavy atom. The van der Waals surface area contributed by atoms with Gasteiger partial charge in [0.1, 0.15) is 12.1 Å². The highest BCUT2D eigenvalue weighted by molar-refractivity contribution is 5.79. The van der Waals surface area contributed by atoms with Crippen molar-refractivity contribution < 1.29 is 9.73 Å². The third-order valence-corrected chi connectivity index (χ3v) is 1.48. The largest absolute Gasteiger partial charge is 0.409 e. The van der Waals surface area contributed by atoms with E-state index < -0.39 is 0 Å². The Morgan fingerprint density at radius 1 is 1.77 bits per heavy atom. The van der Waals surface area contributed by atoms with Crippen molar-refractivity contribution in [3.8, 4) is 0 Å². The van der Waals surface area contributed by atoms with Crippen molar-refractivity contribution in [3.63, 3.8) is 0 Å². The molecule has 0 unspecified atom stereocenters. The molecule has 1 aromatic heterocycles. The Hall–Kier alpha value is -1.56. The van der Waals surface area contributed by atoms with Crippen LogP contribution in [0.5, 0.6) is 0 Å². The number of aromatic nitrogens is 1. The van der Waals surface area contributed by atoms with Gasteiger partial charge in [-0.2, -0.15) is 0 Å². The molecule has 0 saturated heterocycles. The summed E-state index contributed by atoms with van der Waals surface area (Å²) in [6, 6.07) is 1.77. The maximum atomic E-state index is 8.23. The molecule has 0 fully saturated rings. The minimum atomic E-state index is 0.215. The summed E-state index contributed by atoms with van der Waals surface area (Å²) in [5, 5.41) is 17.8. The van der Waals surface area contributed by atoms with Gasteiger partial charge in [-0.25, -0.2) is 0 Å². The molecular formula is C7H12N4O2. The third-order valence-electron chi connectivity index (χ3n) is 1.48. The molecule has 0 saturated carbocycles. The molecule has 1 aromatic rings. The minimum Gasteiger partial charge on any atom is -0.409 e. The summed E-state index contributed by atoms with van der Waals surface area (Å²) in [5.41, 5.74) is 6.09. The second-order valence-corrected chi connectivity index (χ2v) is 2.51. The number of nitrogens with two attached hydrogens (primary N) is 1. The van der Waals surface area contributed by atoms with Gasteiger partial charge in [0.25, 0.3) is 0 Å². The first-order valence-electron chi connectivity index (χ1n) is 3.89. The first kappa shape index (κ1) is 9.53. The number of rotatable bonds is 5. The lowest BCUT2D eigenvalue weighted by atomic mass is 10.4. The molecule has 72 valence electrons. The van der Waals surface area contributed by atoms with E-state index in [1.165, 1.54) is 6.26 Å². The fourth-order valence-electron chi connectivity index (χ4n) is 0.812. The van der Waals surface area contributed by atoms with Crippen LogP contribution in [0, 0.1) is 0 Å². The van der Waals surface area contributed by atoms with Crippen molar-refractivity contribution in [2.75, 3.05) is 6.54 Å². The van der Waals surface area contributed by atoms with Crippen molar-refractivity contribution in [1.82, 2.24) is 10.5 Å². The highest BCUT2D eigenvalue weighted by Gasteiger charge is 1.96. The molecule has 0 radical (unpaired) electrons. The van der Waals surface area contributed by atoms with Crippen molar-refractivity contribution in [1.29, 1.82) is 0 Å². The number of hydrogen-bond donors (Lipinski definition) is 3. The average molecular weight is 184 g/mol. The van der Waals surface area contributed by atoms with E-state index in [0.717, 1.165) is 5.69 Å². The van der Waals surface area contributed by atoms with Gasteiger partial charge >= 0.3 is 0 Å². The first-order chi connectivity index (χ1) is 6.33. The second kappa shape index (κ2) is 5.15. The van der Waals surface area contributed by atoms with Gasteiger partial charge in [0, 0.05) is 25.6 Å². The van der Waals surface area contributed by atoms with Gasteiger partial charge in [0.05, 0.1) is 5.69 Å². The van der Waals surface area contributed by atoms with E-state index in [0.29, 0.717) is 19.5 Å². The quantitative estimate of drug-likeness (QED) is 0.195. The van der Waals surface area contributed by atoms with Gasteiger partial charge in [-0.15, -0.1) is 0 Å². The first-order valence-corrected chi connectivity index (χ1v) is 3.89.